The minimum absolute atomic E-state index is 0.0128. The highest BCUT2D eigenvalue weighted by atomic mass is 16.5. The first-order valence-electron chi connectivity index (χ1n) is 10.3. The van der Waals surface area contributed by atoms with Crippen LogP contribution in [-0.2, 0) is 14.3 Å². The Labute approximate surface area is 180 Å². The predicted molar refractivity (Wildman–Crippen MR) is 115 cm³/mol. The van der Waals surface area contributed by atoms with Crippen LogP contribution in [0.3, 0.4) is 0 Å². The Morgan fingerprint density at radius 1 is 1.03 bits per heavy atom. The van der Waals surface area contributed by atoms with Crippen LogP contribution in [0.5, 0.6) is 0 Å². The number of fused-ring (bicyclic) bond motifs is 1. The summed E-state index contributed by atoms with van der Waals surface area (Å²) in [5, 5.41) is 0. The number of ketones is 1. The summed E-state index contributed by atoms with van der Waals surface area (Å²) in [7, 11) is 0. The van der Waals surface area contributed by atoms with Gasteiger partial charge in [-0.1, -0.05) is 55.0 Å². The molecule has 1 fully saturated rings. The van der Waals surface area contributed by atoms with Crippen molar-refractivity contribution in [2.24, 2.45) is 17.8 Å². The van der Waals surface area contributed by atoms with Crippen LogP contribution in [0.1, 0.15) is 39.6 Å². The van der Waals surface area contributed by atoms with E-state index in [4.69, 9.17) is 4.74 Å². The van der Waals surface area contributed by atoms with Crippen LogP contribution in [0.4, 0.5) is 5.69 Å². The number of anilines is 1. The molecule has 0 spiro atoms. The molecule has 2 aromatic carbocycles. The fourth-order valence-electron chi connectivity index (χ4n) is 4.21. The Balaban J connectivity index is 1.47. The molecule has 0 aromatic heterocycles. The molecule has 31 heavy (non-hydrogen) atoms. The zero-order chi connectivity index (χ0) is 22.1. The summed E-state index contributed by atoms with van der Waals surface area (Å²) in [6.07, 6.45) is 4.45. The average molecular weight is 417 g/mol. The zero-order valence-corrected chi connectivity index (χ0v) is 17.4. The Bertz CT molecular complexity index is 1090. The molecule has 6 nitrogen and oxygen atoms in total. The molecule has 1 aliphatic heterocycles. The molecule has 2 aliphatic rings. The molecule has 1 saturated heterocycles. The number of allylic oxidation sites excluding steroid dienone is 2. The first-order valence-corrected chi connectivity index (χ1v) is 10.3. The quantitative estimate of drug-likeness (QED) is 0.320. The second-order valence-electron chi connectivity index (χ2n) is 8.08. The fourth-order valence-corrected chi connectivity index (χ4v) is 4.21. The van der Waals surface area contributed by atoms with Gasteiger partial charge in [0.2, 0.25) is 11.8 Å². The van der Waals surface area contributed by atoms with E-state index in [1.807, 2.05) is 38.1 Å². The van der Waals surface area contributed by atoms with E-state index in [1.54, 1.807) is 24.3 Å². The van der Waals surface area contributed by atoms with Crippen LogP contribution in [0.25, 0.3) is 0 Å². The monoisotopic (exact) mass is 417 g/mol. The van der Waals surface area contributed by atoms with Crippen molar-refractivity contribution in [1.29, 1.82) is 0 Å². The number of amides is 2. The Hall–Kier alpha value is -3.54. The third-order valence-corrected chi connectivity index (χ3v) is 5.92. The lowest BCUT2D eigenvalue weighted by molar-refractivity contribution is -0.122. The number of Topliss-reactive ketones (excluding diaryl/α,β-unsaturated/α-hetero) is 1. The lowest BCUT2D eigenvalue weighted by Gasteiger charge is -2.22. The number of ether oxygens (including phenoxy) is 1. The lowest BCUT2D eigenvalue weighted by Crippen LogP contribution is -2.31. The smallest absolute Gasteiger partial charge is 0.338 e. The van der Waals surface area contributed by atoms with Gasteiger partial charge >= 0.3 is 5.97 Å². The van der Waals surface area contributed by atoms with Crippen molar-refractivity contribution in [2.75, 3.05) is 11.5 Å². The van der Waals surface area contributed by atoms with Gasteiger partial charge in [-0.25, -0.2) is 4.79 Å². The number of benzene rings is 2. The molecule has 6 heteroatoms. The van der Waals surface area contributed by atoms with Gasteiger partial charge < -0.3 is 4.74 Å². The molecule has 158 valence electrons. The number of carbonyl (C=O) groups excluding carboxylic acids is 4. The second kappa shape index (κ2) is 8.30. The van der Waals surface area contributed by atoms with Gasteiger partial charge in [0.15, 0.2) is 12.4 Å². The topological polar surface area (TPSA) is 80.8 Å². The molecule has 0 saturated carbocycles. The summed E-state index contributed by atoms with van der Waals surface area (Å²) in [5.74, 6) is -2.23. The number of imide groups is 1. The van der Waals surface area contributed by atoms with E-state index in [2.05, 4.69) is 0 Å². The molecule has 1 aliphatic carbocycles. The summed E-state index contributed by atoms with van der Waals surface area (Å²) in [6.45, 7) is 3.46. The van der Waals surface area contributed by atoms with Crippen LogP contribution >= 0.6 is 0 Å². The summed E-state index contributed by atoms with van der Waals surface area (Å²) < 4.78 is 5.17. The van der Waals surface area contributed by atoms with E-state index < -0.39 is 5.97 Å². The van der Waals surface area contributed by atoms with E-state index in [1.165, 1.54) is 17.0 Å². The van der Waals surface area contributed by atoms with E-state index in [0.29, 0.717) is 17.7 Å². The van der Waals surface area contributed by atoms with Gasteiger partial charge in [-0.05, 0) is 37.5 Å². The highest BCUT2D eigenvalue weighted by Gasteiger charge is 2.50. The molecular formula is C25H23NO5. The minimum Gasteiger partial charge on any atom is -0.454 e. The van der Waals surface area contributed by atoms with Crippen LogP contribution in [-0.4, -0.2) is 30.2 Å². The Kier molecular flexibility index (Phi) is 5.55. The molecule has 4 rings (SSSR count). The van der Waals surface area contributed by atoms with Gasteiger partial charge in [-0.2, -0.15) is 0 Å². The number of esters is 1. The molecule has 3 atom stereocenters. The Morgan fingerprint density at radius 3 is 2.48 bits per heavy atom. The number of hydrogen-bond donors (Lipinski definition) is 0. The summed E-state index contributed by atoms with van der Waals surface area (Å²) in [4.78, 5) is 51.7. The molecule has 1 heterocycles. The third-order valence-electron chi connectivity index (χ3n) is 5.92. The molecule has 2 aromatic rings. The van der Waals surface area contributed by atoms with Crippen molar-refractivity contribution in [3.63, 3.8) is 0 Å². The van der Waals surface area contributed by atoms with Gasteiger partial charge in [-0.3, -0.25) is 19.3 Å². The molecule has 0 radical (unpaired) electrons. The van der Waals surface area contributed by atoms with Gasteiger partial charge in [0.05, 0.1) is 23.1 Å². The summed E-state index contributed by atoms with van der Waals surface area (Å²) in [5.41, 5.74) is 2.01. The zero-order valence-electron chi connectivity index (χ0n) is 17.4. The second-order valence-corrected chi connectivity index (χ2v) is 8.08. The number of aryl methyl sites for hydroxylation is 1. The SMILES string of the molecule is Cc1ccc(C(=O)COC(=O)c2cccc(N3C(=O)[C@H]4[C@@H](C)C=CC[C@H]4C3=O)c2)cc1. The molecule has 0 unspecified atom stereocenters. The predicted octanol–water partition coefficient (Wildman–Crippen LogP) is 3.74. The molecule has 0 N–H and O–H groups in total. The van der Waals surface area contributed by atoms with Crippen LogP contribution in [0, 0.1) is 24.7 Å². The van der Waals surface area contributed by atoms with Crippen molar-refractivity contribution >= 4 is 29.3 Å². The standard InChI is InChI=1S/C25H23NO5/c1-15-9-11-17(12-10-15)21(27)14-31-25(30)18-6-4-7-19(13-18)26-23(28)20-8-3-5-16(2)22(20)24(26)29/h3-7,9-13,16,20,22H,8,14H2,1-2H3/t16-,20+,22-/m0/s1. The maximum absolute atomic E-state index is 12.9. The van der Waals surface area contributed by atoms with Crippen LogP contribution in [0.2, 0.25) is 0 Å². The van der Waals surface area contributed by atoms with E-state index >= 15 is 0 Å². The van der Waals surface area contributed by atoms with Crippen molar-refractivity contribution in [1.82, 2.24) is 0 Å². The van der Waals surface area contributed by atoms with Gasteiger partial charge in [-0.15, -0.1) is 0 Å². The van der Waals surface area contributed by atoms with Crippen LogP contribution < -0.4 is 4.90 Å². The molecular weight excluding hydrogens is 394 g/mol. The minimum atomic E-state index is -0.686. The van der Waals surface area contributed by atoms with Crippen LogP contribution in [0.15, 0.2) is 60.7 Å². The number of hydrogen-bond acceptors (Lipinski definition) is 5. The third kappa shape index (κ3) is 3.93. The van der Waals surface area contributed by atoms with E-state index in [9.17, 15) is 19.2 Å². The largest absolute Gasteiger partial charge is 0.454 e. The first-order chi connectivity index (χ1) is 14.9. The van der Waals surface area contributed by atoms with E-state index in [0.717, 1.165) is 5.56 Å². The Morgan fingerprint density at radius 2 is 1.77 bits per heavy atom. The molecule has 2 amide bonds. The average Bonchev–Trinajstić information content (AvgIpc) is 3.03. The maximum Gasteiger partial charge on any atom is 0.338 e. The fraction of sp³-hybridized carbons (Fsp3) is 0.280. The van der Waals surface area contributed by atoms with Crippen molar-refractivity contribution in [2.45, 2.75) is 20.3 Å². The number of rotatable bonds is 5. The molecule has 0 bridgehead atoms. The number of carbonyl (C=O) groups is 4. The summed E-state index contributed by atoms with van der Waals surface area (Å²) >= 11 is 0. The maximum atomic E-state index is 12.9. The van der Waals surface area contributed by atoms with Gasteiger partial charge in [0.1, 0.15) is 0 Å². The number of nitrogens with zero attached hydrogens (tertiary/aromatic N) is 1. The first kappa shape index (κ1) is 20.7. The van der Waals surface area contributed by atoms with Crippen molar-refractivity contribution in [3.8, 4) is 0 Å². The lowest BCUT2D eigenvalue weighted by atomic mass is 9.78. The van der Waals surface area contributed by atoms with Gasteiger partial charge in [0.25, 0.3) is 0 Å². The van der Waals surface area contributed by atoms with Crippen molar-refractivity contribution < 1.29 is 23.9 Å². The van der Waals surface area contributed by atoms with Gasteiger partial charge in [0, 0.05) is 5.56 Å². The highest BCUT2D eigenvalue weighted by Crippen LogP contribution is 2.40. The van der Waals surface area contributed by atoms with E-state index in [-0.39, 0.29) is 47.5 Å². The normalized spacial score (nSPS) is 22.4. The van der Waals surface area contributed by atoms with Crippen molar-refractivity contribution in [3.05, 3.63) is 77.4 Å². The highest BCUT2D eigenvalue weighted by molar-refractivity contribution is 6.22. The summed E-state index contributed by atoms with van der Waals surface area (Å²) in [6, 6.07) is 13.2.